The molecule has 3 aromatic carbocycles. The lowest BCUT2D eigenvalue weighted by Gasteiger charge is -2.45. The van der Waals surface area contributed by atoms with Gasteiger partial charge in [0, 0.05) is 23.1 Å². The summed E-state index contributed by atoms with van der Waals surface area (Å²) in [6.45, 7) is 1.81. The molecule has 0 unspecified atom stereocenters. The van der Waals surface area contributed by atoms with E-state index in [4.69, 9.17) is 5.10 Å². The standard InChI is InChI=1S/C31H26F4N4O2/c1-18-25-26(19-13-15-22(32)16-14-19)27(36-28(40)20-7-5-8-21(17-20)31(33,34)35)30(41)38(23-11-6-12-23)29(25)39(37-18)24-9-3-2-4-10-24/h2-5,7-10,13-17,23,26-27H,6,11-12H2,1H3,(H,36,40)/t26-,27-/m0/s1. The second-order valence-corrected chi connectivity index (χ2v) is 10.4. The first-order valence-corrected chi connectivity index (χ1v) is 13.3. The lowest BCUT2D eigenvalue weighted by molar-refractivity contribution is -0.137. The summed E-state index contributed by atoms with van der Waals surface area (Å²) >= 11 is 0. The number of aryl methyl sites for hydroxylation is 1. The van der Waals surface area contributed by atoms with Gasteiger partial charge >= 0.3 is 6.18 Å². The summed E-state index contributed by atoms with van der Waals surface area (Å²) in [5.74, 6) is -1.85. The molecule has 1 aliphatic carbocycles. The van der Waals surface area contributed by atoms with E-state index >= 15 is 0 Å². The van der Waals surface area contributed by atoms with Gasteiger partial charge in [0.15, 0.2) is 0 Å². The van der Waals surface area contributed by atoms with Crippen LogP contribution in [0.15, 0.2) is 78.9 Å². The minimum atomic E-state index is -4.63. The van der Waals surface area contributed by atoms with Gasteiger partial charge in [-0.05, 0) is 74.2 Å². The average molecular weight is 563 g/mol. The van der Waals surface area contributed by atoms with Crippen LogP contribution in [0, 0.1) is 12.7 Å². The molecular formula is C31H26F4N4O2. The van der Waals surface area contributed by atoms with Gasteiger partial charge in [-0.1, -0.05) is 36.4 Å². The van der Waals surface area contributed by atoms with Crippen molar-refractivity contribution in [2.24, 2.45) is 0 Å². The number of anilines is 1. The summed E-state index contributed by atoms with van der Waals surface area (Å²) < 4.78 is 55.8. The fourth-order valence-electron chi connectivity index (χ4n) is 5.67. The second kappa shape index (κ2) is 10.2. The zero-order valence-electron chi connectivity index (χ0n) is 22.0. The van der Waals surface area contributed by atoms with Crippen LogP contribution in [-0.4, -0.2) is 33.7 Å². The van der Waals surface area contributed by atoms with Crippen LogP contribution in [0.1, 0.15) is 57.9 Å². The number of rotatable bonds is 5. The molecule has 210 valence electrons. The van der Waals surface area contributed by atoms with E-state index in [1.165, 1.54) is 18.2 Å². The zero-order valence-corrected chi connectivity index (χ0v) is 22.0. The van der Waals surface area contributed by atoms with Crippen LogP contribution >= 0.6 is 0 Å². The van der Waals surface area contributed by atoms with Gasteiger partial charge in [0.1, 0.15) is 17.7 Å². The number of amides is 2. The highest BCUT2D eigenvalue weighted by Crippen LogP contribution is 2.46. The molecule has 2 heterocycles. The number of nitrogens with zero attached hydrogens (tertiary/aromatic N) is 3. The molecule has 2 aliphatic rings. The molecule has 6 nitrogen and oxygen atoms in total. The molecule has 1 N–H and O–H groups in total. The quantitative estimate of drug-likeness (QED) is 0.296. The number of benzene rings is 3. The van der Waals surface area contributed by atoms with Crippen molar-refractivity contribution in [1.29, 1.82) is 0 Å². The minimum absolute atomic E-state index is 0.123. The molecule has 6 rings (SSSR count). The molecule has 0 saturated heterocycles. The van der Waals surface area contributed by atoms with E-state index in [9.17, 15) is 27.2 Å². The van der Waals surface area contributed by atoms with Crippen LogP contribution in [-0.2, 0) is 11.0 Å². The highest BCUT2D eigenvalue weighted by molar-refractivity contribution is 6.06. The van der Waals surface area contributed by atoms with Crippen molar-refractivity contribution >= 4 is 17.6 Å². The first kappa shape index (κ1) is 26.7. The largest absolute Gasteiger partial charge is 0.416 e. The van der Waals surface area contributed by atoms with Crippen molar-refractivity contribution in [2.75, 3.05) is 4.90 Å². The van der Waals surface area contributed by atoms with Gasteiger partial charge < -0.3 is 5.32 Å². The highest BCUT2D eigenvalue weighted by Gasteiger charge is 2.49. The van der Waals surface area contributed by atoms with Crippen LogP contribution in [0.25, 0.3) is 5.69 Å². The SMILES string of the molecule is Cc1nn(-c2ccccc2)c2c1[C@H](c1ccc(F)cc1)[C@H](NC(=O)c1cccc(C(F)(F)F)c1)C(=O)N2C1CCC1. The fourth-order valence-corrected chi connectivity index (χ4v) is 5.67. The van der Waals surface area contributed by atoms with Crippen molar-refractivity contribution in [3.8, 4) is 5.69 Å². The number of halogens is 4. The van der Waals surface area contributed by atoms with Gasteiger partial charge in [-0.3, -0.25) is 14.5 Å². The predicted octanol–water partition coefficient (Wildman–Crippen LogP) is 6.17. The number of nitrogens with one attached hydrogen (secondary N) is 1. The van der Waals surface area contributed by atoms with Gasteiger partial charge in [0.25, 0.3) is 11.8 Å². The van der Waals surface area contributed by atoms with Crippen molar-refractivity contribution < 1.29 is 27.2 Å². The number of alkyl halides is 3. The average Bonchev–Trinajstić information content (AvgIpc) is 3.27. The van der Waals surface area contributed by atoms with Crippen LogP contribution in [0.4, 0.5) is 23.4 Å². The van der Waals surface area contributed by atoms with Crippen molar-refractivity contribution in [2.45, 2.75) is 50.4 Å². The normalized spacial score (nSPS) is 19.0. The maximum absolute atomic E-state index is 14.4. The van der Waals surface area contributed by atoms with Crippen LogP contribution in [0.5, 0.6) is 0 Å². The van der Waals surface area contributed by atoms with Gasteiger partial charge in [0.05, 0.1) is 16.9 Å². The monoisotopic (exact) mass is 562 g/mol. The number of aromatic nitrogens is 2. The number of hydrogen-bond donors (Lipinski definition) is 1. The van der Waals surface area contributed by atoms with E-state index in [2.05, 4.69) is 5.32 Å². The van der Waals surface area contributed by atoms with E-state index in [-0.39, 0.29) is 11.6 Å². The predicted molar refractivity (Wildman–Crippen MR) is 144 cm³/mol. The van der Waals surface area contributed by atoms with Crippen LogP contribution in [0.2, 0.25) is 0 Å². The van der Waals surface area contributed by atoms with E-state index in [0.717, 1.165) is 43.1 Å². The van der Waals surface area contributed by atoms with Gasteiger partial charge in [-0.15, -0.1) is 0 Å². The summed E-state index contributed by atoms with van der Waals surface area (Å²) in [6, 6.07) is 17.8. The molecule has 1 aliphatic heterocycles. The molecule has 0 spiro atoms. The smallest absolute Gasteiger partial charge is 0.339 e. The number of para-hydroxylation sites is 1. The molecule has 0 bridgehead atoms. The second-order valence-electron chi connectivity index (χ2n) is 10.4. The topological polar surface area (TPSA) is 67.2 Å². The zero-order chi connectivity index (χ0) is 28.9. The summed E-state index contributed by atoms with van der Waals surface area (Å²) in [5, 5.41) is 7.55. The van der Waals surface area contributed by atoms with E-state index in [1.807, 2.05) is 37.3 Å². The summed E-state index contributed by atoms with van der Waals surface area (Å²) in [5.41, 5.74) is 1.45. The molecule has 4 aromatic rings. The summed E-state index contributed by atoms with van der Waals surface area (Å²) in [6.07, 6.45) is -2.17. The lowest BCUT2D eigenvalue weighted by Crippen LogP contribution is -2.59. The molecule has 2 atom stereocenters. The Morgan fingerprint density at radius 1 is 0.976 bits per heavy atom. The molecule has 1 fully saturated rings. The third-order valence-electron chi connectivity index (χ3n) is 7.87. The maximum Gasteiger partial charge on any atom is 0.416 e. The minimum Gasteiger partial charge on any atom is -0.339 e. The Balaban J connectivity index is 1.50. The Bertz CT molecular complexity index is 1610. The number of fused-ring (bicyclic) bond motifs is 1. The Labute approximate surface area is 233 Å². The third kappa shape index (κ3) is 4.77. The van der Waals surface area contributed by atoms with Crippen molar-refractivity contribution in [3.05, 3.63) is 113 Å². The maximum atomic E-state index is 14.4. The van der Waals surface area contributed by atoms with Gasteiger partial charge in [-0.2, -0.15) is 18.3 Å². The first-order chi connectivity index (χ1) is 19.6. The van der Waals surface area contributed by atoms with E-state index < -0.39 is 41.3 Å². The summed E-state index contributed by atoms with van der Waals surface area (Å²) in [4.78, 5) is 29.5. The molecule has 2 amide bonds. The van der Waals surface area contributed by atoms with Gasteiger partial charge in [-0.25, -0.2) is 9.07 Å². The molecular weight excluding hydrogens is 536 g/mol. The number of hydrogen-bond acceptors (Lipinski definition) is 3. The summed E-state index contributed by atoms with van der Waals surface area (Å²) in [7, 11) is 0. The number of carbonyl (C=O) groups is 2. The Kier molecular flexibility index (Phi) is 6.63. The van der Waals surface area contributed by atoms with Crippen LogP contribution in [0.3, 0.4) is 0 Å². The molecule has 10 heteroatoms. The molecule has 1 saturated carbocycles. The fraction of sp³-hybridized carbons (Fsp3) is 0.258. The molecule has 41 heavy (non-hydrogen) atoms. The van der Waals surface area contributed by atoms with Crippen molar-refractivity contribution in [3.63, 3.8) is 0 Å². The van der Waals surface area contributed by atoms with Crippen LogP contribution < -0.4 is 10.2 Å². The van der Waals surface area contributed by atoms with Gasteiger partial charge in [0.2, 0.25) is 0 Å². The highest BCUT2D eigenvalue weighted by atomic mass is 19.4. The van der Waals surface area contributed by atoms with E-state index in [1.54, 1.807) is 21.7 Å². The molecule has 0 radical (unpaired) electrons. The number of carbonyl (C=O) groups excluding carboxylic acids is 2. The first-order valence-electron chi connectivity index (χ1n) is 13.3. The Morgan fingerprint density at radius 3 is 2.32 bits per heavy atom. The Hall–Kier alpha value is -4.47. The van der Waals surface area contributed by atoms with Crippen molar-refractivity contribution in [1.82, 2.24) is 15.1 Å². The third-order valence-corrected chi connectivity index (χ3v) is 7.87. The lowest BCUT2D eigenvalue weighted by atomic mass is 9.79. The Morgan fingerprint density at radius 2 is 1.68 bits per heavy atom. The molecule has 1 aromatic heterocycles. The van der Waals surface area contributed by atoms with E-state index in [0.29, 0.717) is 22.6 Å².